The lowest BCUT2D eigenvalue weighted by atomic mass is 9.97. The number of carbonyl (C=O) groups is 5. The van der Waals surface area contributed by atoms with Crippen LogP contribution in [0.15, 0.2) is 293 Å². The lowest BCUT2D eigenvalue weighted by Crippen LogP contribution is -2.18. The Kier molecular flexibility index (Phi) is 29.3. The minimum atomic E-state index is -1.05. The van der Waals surface area contributed by atoms with Gasteiger partial charge in [-0.25, -0.2) is 14.4 Å². The number of hydrogen-bond donors (Lipinski definition) is 7. The molecule has 5 aromatic carbocycles. The average Bonchev–Trinajstić information content (AvgIpc) is 1.61. The number of aromatic nitrogens is 15. The van der Waals surface area contributed by atoms with E-state index in [1.807, 2.05) is 223 Å². The molecule has 13 heterocycles. The van der Waals surface area contributed by atoms with E-state index >= 15 is 0 Å². The van der Waals surface area contributed by atoms with Gasteiger partial charge in [-0.3, -0.25) is 69.6 Å². The van der Waals surface area contributed by atoms with Gasteiger partial charge in [-0.05, 0) is 203 Å². The number of fused-ring (bicyclic) bond motifs is 2. The first-order valence-electron chi connectivity index (χ1n) is 44.4. The number of nitrogens with two attached hydrogens (primary N) is 1. The van der Waals surface area contributed by atoms with Crippen molar-refractivity contribution in [3.05, 3.63) is 393 Å². The molecular weight excluding hydrogens is 1750 g/mol. The highest BCUT2D eigenvalue weighted by atomic mass is 16.5. The molecule has 13 aromatic heterocycles. The fourth-order valence-corrected chi connectivity index (χ4v) is 16.4. The molecule has 4 atom stereocenters. The van der Waals surface area contributed by atoms with Crippen molar-refractivity contribution in [2.24, 2.45) is 5.73 Å². The van der Waals surface area contributed by atoms with Crippen molar-refractivity contribution in [2.45, 2.75) is 114 Å². The molecule has 0 aliphatic heterocycles. The third-order valence-corrected chi connectivity index (χ3v) is 23.3. The first kappa shape index (κ1) is 95.7. The summed E-state index contributed by atoms with van der Waals surface area (Å²) in [5.74, 6) is -0.316. The van der Waals surface area contributed by atoms with Crippen molar-refractivity contribution in [3.63, 3.8) is 0 Å². The number of carboxylic acids is 2. The normalized spacial score (nSPS) is 12.1. The molecule has 139 heavy (non-hydrogen) atoms. The van der Waals surface area contributed by atoms with Crippen LogP contribution in [0.5, 0.6) is 0 Å². The number of methoxy groups -OCH3 is 1. The number of hydrogen-bond acceptors (Lipinski definition) is 27. The van der Waals surface area contributed by atoms with E-state index < -0.39 is 11.9 Å². The summed E-state index contributed by atoms with van der Waals surface area (Å²) in [6.45, 7) is 22.1. The van der Waals surface area contributed by atoms with Gasteiger partial charge in [-0.2, -0.15) is 10.2 Å². The van der Waals surface area contributed by atoms with Crippen LogP contribution in [0.1, 0.15) is 193 Å². The minimum Gasteiger partial charge on any atom is -0.478 e. The highest BCUT2D eigenvalue weighted by Gasteiger charge is 2.29. The predicted molar refractivity (Wildman–Crippen MR) is 530 cm³/mol. The molecule has 31 nitrogen and oxygen atoms in total. The molecule has 0 amide bonds. The van der Waals surface area contributed by atoms with Gasteiger partial charge in [0.2, 0.25) is 0 Å². The molecule has 0 bridgehead atoms. The number of ketones is 2. The number of nitrogens with zero attached hydrogens (tertiary/aromatic N) is 15. The standard InChI is InChI=1S/C30H27N5O3.C27H27N5O2.C26H23N5O3.C25H21N5O3/c1-18(31)26(19(2)36)23-16-25(29(34-17-23)27(32)20-11-13-22(14-12-20)30(37)38)35-28(21-8-4-3-5-9-21)24-10-6-7-15-33-24;1-16(33)13-20-8-10-21(11-9-20)26(28)27-24(31-17(2)23-7-5-6-12-29-23)14-22(15-30-27)25-18(3)32-34-19(25)4;1-15-23(17(3)34-30-15)20-13-22-25(28-14-20)24(18-8-10-19(11-9-18)26(32)33-4)29-31(22)16(2)21-7-5-6-12-27-21;1-14-22(16(3)33-29-14)19-12-21-24(27-13-19)23(17-7-9-18(10-8-17)25(31)32)28-30(21)15(2)20-6-4-5-11-26-20/h3-17,28,32,35H,31H2,1-2H3,(H,37,38);5-12,14-15,17,28,31H,13H2,1-4H3;5-14,16H,1-4H3;4-13,15H,1-3H3,(H,31,32)/t;17-;16-;15-/m.000/s1. The van der Waals surface area contributed by atoms with Gasteiger partial charge in [0.05, 0.1) is 122 Å². The van der Waals surface area contributed by atoms with E-state index in [4.69, 9.17) is 55.0 Å². The number of ether oxygens (including phenoxy) is 1. The smallest absolute Gasteiger partial charge is 0.337 e. The van der Waals surface area contributed by atoms with Crippen LogP contribution < -0.4 is 16.4 Å². The maximum atomic E-state index is 12.4. The number of carbonyl (C=O) groups excluding carboxylic acids is 3. The topological polar surface area (TPSA) is 450 Å². The van der Waals surface area contributed by atoms with Crippen LogP contribution in [0.25, 0.3) is 83.5 Å². The summed E-state index contributed by atoms with van der Waals surface area (Å²) < 4.78 is 24.7. The molecule has 0 aliphatic carbocycles. The maximum Gasteiger partial charge on any atom is 0.337 e. The fourth-order valence-electron chi connectivity index (χ4n) is 16.4. The zero-order valence-corrected chi connectivity index (χ0v) is 78.4. The molecule has 18 aromatic rings. The van der Waals surface area contributed by atoms with Crippen LogP contribution in [-0.4, -0.2) is 133 Å². The number of allylic oxidation sites excluding steroid dienone is 2. The molecule has 18 rings (SSSR count). The van der Waals surface area contributed by atoms with Crippen LogP contribution in [0.3, 0.4) is 0 Å². The summed E-state index contributed by atoms with van der Waals surface area (Å²) in [6.07, 6.45) is 14.3. The summed E-state index contributed by atoms with van der Waals surface area (Å²) in [5, 5.41) is 65.4. The molecule has 1 unspecified atom stereocenters. The molecule has 0 aliphatic rings. The number of carboxylic acid groups (broad SMARTS) is 2. The lowest BCUT2D eigenvalue weighted by molar-refractivity contribution is -0.116. The van der Waals surface area contributed by atoms with Crippen LogP contribution in [0.4, 0.5) is 11.4 Å². The molecular formula is C108H98N20O11. The van der Waals surface area contributed by atoms with Crippen LogP contribution >= 0.6 is 0 Å². The van der Waals surface area contributed by atoms with Gasteiger partial charge in [0, 0.05) is 128 Å². The van der Waals surface area contributed by atoms with Gasteiger partial charge in [0.15, 0.2) is 5.78 Å². The number of pyridine rings is 8. The highest BCUT2D eigenvalue weighted by molar-refractivity contribution is 6.21. The second kappa shape index (κ2) is 42.5. The Morgan fingerprint density at radius 1 is 0.424 bits per heavy atom. The van der Waals surface area contributed by atoms with Crippen LogP contribution in [0.2, 0.25) is 0 Å². The van der Waals surface area contributed by atoms with Gasteiger partial charge < -0.3 is 44.9 Å². The Bertz CT molecular complexity index is 7490. The molecule has 8 N–H and O–H groups in total. The third kappa shape index (κ3) is 21.5. The van der Waals surface area contributed by atoms with Gasteiger partial charge in [-0.1, -0.05) is 131 Å². The third-order valence-electron chi connectivity index (χ3n) is 23.3. The molecule has 696 valence electrons. The number of benzene rings is 5. The molecule has 0 radical (unpaired) electrons. The quantitative estimate of drug-likeness (QED) is 0.0143. The Hall–Kier alpha value is -17.9. The van der Waals surface area contributed by atoms with Crippen LogP contribution in [-0.2, 0) is 20.7 Å². The van der Waals surface area contributed by atoms with E-state index in [2.05, 4.69) is 69.0 Å². The van der Waals surface area contributed by atoms with E-state index in [1.165, 1.54) is 32.4 Å². The molecule has 31 heteroatoms. The number of nitrogens with one attached hydrogen (secondary N) is 4. The SMILES string of the molecule is CC(=O)C(=C(C)N)c1cnc(C(=N)c2ccc(C(=O)O)cc2)c(NC(c2ccccc2)c2ccccn2)c1.CC(=O)Cc1ccc(C(=N)c2ncc(-c3c(C)noc3C)cc2N[C@@H](C)c2ccccn2)cc1.COC(=O)c1ccc(-c2nn([C@@H](C)c3ccccn3)c3cc(-c4c(C)noc4C)cnc23)cc1.Cc1noc(C)c1-c1cnc2c(-c3ccc(C(=O)O)cc3)nn([C@@H](C)c3ccccn3)c2c1. The lowest BCUT2D eigenvalue weighted by Gasteiger charge is -2.23. The molecule has 0 spiro atoms. The van der Waals surface area contributed by atoms with Gasteiger partial charge in [0.25, 0.3) is 0 Å². The molecule has 0 saturated heterocycles. The highest BCUT2D eigenvalue weighted by Crippen LogP contribution is 2.40. The number of aromatic carboxylic acids is 2. The zero-order chi connectivity index (χ0) is 98.4. The Labute approximate surface area is 799 Å². The Morgan fingerprint density at radius 3 is 1.22 bits per heavy atom. The summed E-state index contributed by atoms with van der Waals surface area (Å²) in [7, 11) is 1.37. The van der Waals surface area contributed by atoms with E-state index in [0.29, 0.717) is 68.6 Å². The van der Waals surface area contributed by atoms with Gasteiger partial charge >= 0.3 is 17.9 Å². The first-order valence-corrected chi connectivity index (χ1v) is 44.4. The molecule has 0 saturated carbocycles. The number of esters is 1. The predicted octanol–water partition coefficient (Wildman–Crippen LogP) is 20.8. The summed E-state index contributed by atoms with van der Waals surface area (Å²) >= 11 is 0. The van der Waals surface area contributed by atoms with E-state index in [1.54, 1.807) is 106 Å². The van der Waals surface area contributed by atoms with E-state index in [9.17, 15) is 34.2 Å². The minimum absolute atomic E-state index is 0.0849. The number of anilines is 2. The summed E-state index contributed by atoms with van der Waals surface area (Å²) in [4.78, 5) is 95.1. The van der Waals surface area contributed by atoms with Crippen molar-refractivity contribution in [1.82, 2.24) is 74.9 Å². The zero-order valence-electron chi connectivity index (χ0n) is 78.4. The summed E-state index contributed by atoms with van der Waals surface area (Å²) in [5.41, 5.74) is 31.0. The number of rotatable bonds is 27. The fraction of sp³-hybridized carbons (Fsp3) is 0.167. The molecule has 0 fully saturated rings. The van der Waals surface area contributed by atoms with Crippen molar-refractivity contribution in [2.75, 3.05) is 17.7 Å². The van der Waals surface area contributed by atoms with Crippen LogP contribution in [0, 0.1) is 52.4 Å². The number of Topliss-reactive ketones (excluding diaryl/α,β-unsaturated/α-hetero) is 2. The largest absolute Gasteiger partial charge is 0.478 e. The summed E-state index contributed by atoms with van der Waals surface area (Å²) in [6, 6.07) is 67.2. The average molecular weight is 1850 g/mol. The van der Waals surface area contributed by atoms with E-state index in [0.717, 1.165) is 140 Å². The maximum absolute atomic E-state index is 12.4. The van der Waals surface area contributed by atoms with Crippen molar-refractivity contribution < 1.29 is 52.5 Å². The Balaban J connectivity index is 0.000000141. The Morgan fingerprint density at radius 2 is 0.813 bits per heavy atom. The van der Waals surface area contributed by atoms with Crippen molar-refractivity contribution in [3.8, 4) is 55.9 Å². The first-order chi connectivity index (χ1) is 67.0. The second-order valence-corrected chi connectivity index (χ2v) is 33.1. The van der Waals surface area contributed by atoms with Crippen molar-refractivity contribution in [1.29, 1.82) is 10.8 Å². The second-order valence-electron chi connectivity index (χ2n) is 33.1. The monoisotopic (exact) mass is 1850 g/mol. The van der Waals surface area contributed by atoms with Crippen molar-refractivity contribution >= 4 is 79.9 Å². The van der Waals surface area contributed by atoms with Gasteiger partial charge in [0.1, 0.15) is 56.9 Å². The van der Waals surface area contributed by atoms with Gasteiger partial charge in [-0.15, -0.1) is 0 Å². The number of aryl methyl sites for hydroxylation is 6. The van der Waals surface area contributed by atoms with E-state index in [-0.39, 0.29) is 64.3 Å².